The number of anilines is 2. The van der Waals surface area contributed by atoms with E-state index in [1.165, 1.54) is 31.2 Å². The average molecular weight is 650 g/mol. The number of pyridine rings is 1. The van der Waals surface area contributed by atoms with Crippen molar-refractivity contribution in [2.75, 3.05) is 58.0 Å². The third-order valence-corrected chi connectivity index (χ3v) is 8.94. The first-order valence-electron chi connectivity index (χ1n) is 17.5. The number of benzene rings is 1. The Labute approximate surface area is 279 Å². The molecule has 1 aromatic carbocycles. The van der Waals surface area contributed by atoms with E-state index in [0.717, 1.165) is 76.1 Å². The molecule has 0 spiro atoms. The molecule has 0 amide bonds. The van der Waals surface area contributed by atoms with Gasteiger partial charge in [0.25, 0.3) is 5.56 Å². The Morgan fingerprint density at radius 3 is 2.45 bits per heavy atom. The van der Waals surface area contributed by atoms with Crippen LogP contribution in [0.5, 0.6) is 5.75 Å². The zero-order valence-corrected chi connectivity index (χ0v) is 28.9. The Kier molecular flexibility index (Phi) is 14.3. The molecular formula is C36H55N7O4. The lowest BCUT2D eigenvalue weighted by Gasteiger charge is -2.32. The minimum atomic E-state index is -0.236. The normalized spacial score (nSPS) is 14.7. The summed E-state index contributed by atoms with van der Waals surface area (Å²) < 4.78 is 13.1. The maximum Gasteiger partial charge on any atom is 0.305 e. The maximum absolute atomic E-state index is 13.9. The Bertz CT molecular complexity index is 1490. The van der Waals surface area contributed by atoms with Crippen molar-refractivity contribution < 1.29 is 14.3 Å². The molecule has 0 bridgehead atoms. The molecule has 1 unspecified atom stereocenters. The number of nitrogens with two attached hydrogens (primary N) is 1. The summed E-state index contributed by atoms with van der Waals surface area (Å²) in [4.78, 5) is 40.0. The van der Waals surface area contributed by atoms with Gasteiger partial charge >= 0.3 is 5.97 Å². The number of esters is 1. The number of unbranched alkanes of at least 4 members (excludes halogenated alkanes) is 6. The van der Waals surface area contributed by atoms with E-state index in [0.29, 0.717) is 29.7 Å². The number of rotatable bonds is 19. The Balaban J connectivity index is 1.44. The van der Waals surface area contributed by atoms with E-state index in [1.807, 2.05) is 6.07 Å². The first-order valence-corrected chi connectivity index (χ1v) is 17.5. The van der Waals surface area contributed by atoms with E-state index in [9.17, 15) is 9.59 Å². The summed E-state index contributed by atoms with van der Waals surface area (Å²) in [5.41, 5.74) is 8.37. The molecule has 258 valence electrons. The van der Waals surface area contributed by atoms with Gasteiger partial charge in [-0.15, -0.1) is 0 Å². The maximum atomic E-state index is 13.9. The van der Waals surface area contributed by atoms with Crippen LogP contribution in [0.25, 0.3) is 10.9 Å². The van der Waals surface area contributed by atoms with Crippen LogP contribution in [-0.4, -0.2) is 83.3 Å². The van der Waals surface area contributed by atoms with E-state index >= 15 is 0 Å². The summed E-state index contributed by atoms with van der Waals surface area (Å²) in [7, 11) is 3.82. The van der Waals surface area contributed by atoms with Gasteiger partial charge in [-0.1, -0.05) is 70.9 Å². The van der Waals surface area contributed by atoms with Crippen molar-refractivity contribution in [2.45, 2.75) is 97.2 Å². The molecule has 0 aliphatic carbocycles. The zero-order chi connectivity index (χ0) is 33.6. The van der Waals surface area contributed by atoms with Crippen molar-refractivity contribution in [3.05, 3.63) is 51.9 Å². The van der Waals surface area contributed by atoms with Crippen LogP contribution in [0.15, 0.2) is 35.3 Å². The zero-order valence-electron chi connectivity index (χ0n) is 28.9. The highest BCUT2D eigenvalue weighted by Crippen LogP contribution is 2.24. The second kappa shape index (κ2) is 18.6. The number of hydrogen-bond acceptors (Lipinski definition) is 10. The smallest absolute Gasteiger partial charge is 0.305 e. The predicted octanol–water partition coefficient (Wildman–Crippen LogP) is 5.44. The van der Waals surface area contributed by atoms with Crippen molar-refractivity contribution in [1.82, 2.24) is 24.3 Å². The molecule has 3 aromatic rings. The quantitative estimate of drug-likeness (QED) is 0.128. The summed E-state index contributed by atoms with van der Waals surface area (Å²) >= 11 is 0. The fraction of sp³-hybridized carbons (Fsp3) is 0.611. The van der Waals surface area contributed by atoms with Gasteiger partial charge in [-0.3, -0.25) is 14.5 Å². The van der Waals surface area contributed by atoms with Gasteiger partial charge in [0.2, 0.25) is 5.95 Å². The Morgan fingerprint density at radius 1 is 0.979 bits per heavy atom. The lowest BCUT2D eigenvalue weighted by atomic mass is 10.1. The van der Waals surface area contributed by atoms with Crippen LogP contribution >= 0.6 is 0 Å². The third-order valence-electron chi connectivity index (χ3n) is 8.94. The molecule has 4 rings (SSSR count). The second-order valence-corrected chi connectivity index (χ2v) is 12.8. The SMILES string of the molecule is CCCCCCCCCC(=O)OCC(CCC)Nc1nc(N)nc2ccn(Cc3ccc(CN4CCN(C)CC4)cc3OC)c(=O)c12. The number of aromatic nitrogens is 3. The molecule has 3 heterocycles. The van der Waals surface area contributed by atoms with E-state index in [2.05, 4.69) is 58.1 Å². The fourth-order valence-electron chi connectivity index (χ4n) is 6.13. The summed E-state index contributed by atoms with van der Waals surface area (Å²) in [6.07, 6.45) is 11.8. The predicted molar refractivity (Wildman–Crippen MR) is 189 cm³/mol. The highest BCUT2D eigenvalue weighted by atomic mass is 16.5. The van der Waals surface area contributed by atoms with Gasteiger partial charge in [0, 0.05) is 50.9 Å². The number of carbonyl (C=O) groups is 1. The standard InChI is InChI=1S/C36H55N7O4/c1-5-7-8-9-10-11-12-14-32(44)47-26-29(13-6-2)38-34-33-30(39-36(37)40-34)17-18-43(35(33)45)25-28-16-15-27(23-31(28)46-4)24-42-21-19-41(3)20-22-42/h15-18,23,29H,5-14,19-22,24-26H2,1-4H3,(H3,37,38,39,40). The summed E-state index contributed by atoms with van der Waals surface area (Å²) in [5.74, 6) is 0.972. The van der Waals surface area contributed by atoms with Crippen LogP contribution in [0.2, 0.25) is 0 Å². The van der Waals surface area contributed by atoms with E-state index in [1.54, 1.807) is 23.9 Å². The molecular weight excluding hydrogens is 594 g/mol. The number of ether oxygens (including phenoxy) is 2. The number of hydrogen-bond donors (Lipinski definition) is 2. The minimum absolute atomic E-state index is 0.0703. The molecule has 3 N–H and O–H groups in total. The van der Waals surface area contributed by atoms with Gasteiger partial charge in [0.15, 0.2) is 0 Å². The van der Waals surface area contributed by atoms with E-state index in [4.69, 9.17) is 15.2 Å². The first-order chi connectivity index (χ1) is 22.8. The fourth-order valence-corrected chi connectivity index (χ4v) is 6.13. The molecule has 1 atom stereocenters. The van der Waals surface area contributed by atoms with Gasteiger partial charge < -0.3 is 30.0 Å². The number of likely N-dealkylation sites (N-methyl/N-ethyl adjacent to an activating group) is 1. The monoisotopic (exact) mass is 649 g/mol. The molecule has 1 aliphatic heterocycles. The molecule has 0 radical (unpaired) electrons. The number of methoxy groups -OCH3 is 1. The molecule has 11 heteroatoms. The number of nitrogens with zero attached hydrogens (tertiary/aromatic N) is 5. The number of nitrogen functional groups attached to an aromatic ring is 1. The van der Waals surface area contributed by atoms with Gasteiger partial charge in [0.1, 0.15) is 23.6 Å². The number of nitrogens with one attached hydrogen (secondary N) is 1. The van der Waals surface area contributed by atoms with Crippen molar-refractivity contribution in [3.63, 3.8) is 0 Å². The highest BCUT2D eigenvalue weighted by molar-refractivity contribution is 5.89. The summed E-state index contributed by atoms with van der Waals surface area (Å²) in [5, 5.41) is 3.71. The number of piperazine rings is 1. The minimum Gasteiger partial charge on any atom is -0.496 e. The van der Waals surface area contributed by atoms with Crippen molar-refractivity contribution in [2.24, 2.45) is 0 Å². The van der Waals surface area contributed by atoms with Gasteiger partial charge in [-0.05, 0) is 37.6 Å². The topological polar surface area (TPSA) is 128 Å². The number of carbonyl (C=O) groups excluding carboxylic acids is 1. The van der Waals surface area contributed by atoms with Crippen molar-refractivity contribution in [3.8, 4) is 5.75 Å². The van der Waals surface area contributed by atoms with Gasteiger partial charge in [-0.2, -0.15) is 4.98 Å². The summed E-state index contributed by atoms with van der Waals surface area (Å²) in [6.45, 7) is 9.86. The van der Waals surface area contributed by atoms with Crippen LogP contribution in [-0.2, 0) is 22.6 Å². The Hall–Kier alpha value is -3.70. The molecule has 47 heavy (non-hydrogen) atoms. The summed E-state index contributed by atoms with van der Waals surface area (Å²) in [6, 6.07) is 7.78. The van der Waals surface area contributed by atoms with Crippen LogP contribution in [0.3, 0.4) is 0 Å². The second-order valence-electron chi connectivity index (χ2n) is 12.8. The van der Waals surface area contributed by atoms with E-state index < -0.39 is 0 Å². The van der Waals surface area contributed by atoms with Gasteiger partial charge in [-0.25, -0.2) is 4.98 Å². The van der Waals surface area contributed by atoms with Crippen LogP contribution in [0.4, 0.5) is 11.8 Å². The molecule has 1 saturated heterocycles. The molecule has 1 fully saturated rings. The third kappa shape index (κ3) is 10.9. The molecule has 0 saturated carbocycles. The van der Waals surface area contributed by atoms with Crippen LogP contribution in [0.1, 0.15) is 89.2 Å². The first kappa shape index (κ1) is 36.1. The lowest BCUT2D eigenvalue weighted by molar-refractivity contribution is -0.144. The highest BCUT2D eigenvalue weighted by Gasteiger charge is 2.19. The molecule has 2 aromatic heterocycles. The largest absolute Gasteiger partial charge is 0.496 e. The molecule has 11 nitrogen and oxygen atoms in total. The lowest BCUT2D eigenvalue weighted by Crippen LogP contribution is -2.43. The van der Waals surface area contributed by atoms with E-state index in [-0.39, 0.29) is 30.1 Å². The van der Waals surface area contributed by atoms with Crippen LogP contribution in [0, 0.1) is 0 Å². The molecule has 1 aliphatic rings. The number of fused-ring (bicyclic) bond motifs is 1. The van der Waals surface area contributed by atoms with Gasteiger partial charge in [0.05, 0.1) is 25.2 Å². The average Bonchev–Trinajstić information content (AvgIpc) is 3.06. The van der Waals surface area contributed by atoms with Crippen molar-refractivity contribution >= 4 is 28.6 Å². The van der Waals surface area contributed by atoms with Crippen molar-refractivity contribution in [1.29, 1.82) is 0 Å². The Morgan fingerprint density at radius 2 is 1.72 bits per heavy atom. The van der Waals surface area contributed by atoms with Crippen LogP contribution < -0.4 is 21.3 Å².